The first-order valence-corrected chi connectivity index (χ1v) is 6.93. The number of hydrogen-bond donors (Lipinski definition) is 1. The highest BCUT2D eigenvalue weighted by atomic mass is 35.5. The molecule has 0 fully saturated rings. The molecule has 0 atom stereocenters. The van der Waals surface area contributed by atoms with Crippen LogP contribution in [-0.2, 0) is 13.1 Å². The molecule has 0 amide bonds. The molecule has 0 saturated heterocycles. The molecule has 2 rings (SSSR count). The maximum Gasteiger partial charge on any atom is 0.0637 e. The summed E-state index contributed by atoms with van der Waals surface area (Å²) in [6.45, 7) is 3.71. The second-order valence-electron chi connectivity index (χ2n) is 3.83. The van der Waals surface area contributed by atoms with Gasteiger partial charge in [0.1, 0.15) is 0 Å². The molecule has 0 saturated carbocycles. The largest absolute Gasteiger partial charge is 0.308 e. The van der Waals surface area contributed by atoms with Crippen molar-refractivity contribution in [3.05, 3.63) is 55.7 Å². The predicted molar refractivity (Wildman–Crippen MR) is 76.1 cm³/mol. The Morgan fingerprint density at radius 3 is 2.65 bits per heavy atom. The lowest BCUT2D eigenvalue weighted by molar-refractivity contribution is 0.701. The number of nitrogens with one attached hydrogen (secondary N) is 1. The highest BCUT2D eigenvalue weighted by Crippen LogP contribution is 2.25. The molecule has 4 heteroatoms. The van der Waals surface area contributed by atoms with Crippen LogP contribution in [0.1, 0.15) is 15.3 Å². The summed E-state index contributed by atoms with van der Waals surface area (Å²) in [6, 6.07) is 9.98. The Labute approximate surface area is 115 Å². The molecule has 0 aliphatic carbocycles. The summed E-state index contributed by atoms with van der Waals surface area (Å²) in [4.78, 5) is 2.67. The van der Waals surface area contributed by atoms with Gasteiger partial charge < -0.3 is 5.32 Å². The standard InChI is InChI=1S/C13H13Cl2NS/c1-9-5-6-11(17-9)8-16-7-10-3-2-4-12(14)13(10)15/h2-6,16H,7-8H2,1H3. The fourth-order valence-electron chi connectivity index (χ4n) is 1.59. The molecule has 2 aromatic rings. The summed E-state index contributed by atoms with van der Waals surface area (Å²) in [7, 11) is 0. The van der Waals surface area contributed by atoms with Crippen LogP contribution in [0.5, 0.6) is 0 Å². The van der Waals surface area contributed by atoms with Gasteiger partial charge in [0.2, 0.25) is 0 Å². The van der Waals surface area contributed by atoms with Gasteiger partial charge in [-0.3, -0.25) is 0 Å². The molecule has 0 spiro atoms. The first-order valence-electron chi connectivity index (χ1n) is 5.36. The van der Waals surface area contributed by atoms with E-state index in [9.17, 15) is 0 Å². The molecular weight excluding hydrogens is 273 g/mol. The summed E-state index contributed by atoms with van der Waals surface area (Å²) in [5.41, 5.74) is 1.03. The molecule has 1 aromatic heterocycles. The lowest BCUT2D eigenvalue weighted by Crippen LogP contribution is -2.12. The zero-order chi connectivity index (χ0) is 12.3. The van der Waals surface area contributed by atoms with Crippen LogP contribution in [0.15, 0.2) is 30.3 Å². The Kier molecular flexibility index (Phi) is 4.46. The minimum absolute atomic E-state index is 0.609. The van der Waals surface area contributed by atoms with Gasteiger partial charge in [0.05, 0.1) is 10.0 Å². The SMILES string of the molecule is Cc1ccc(CNCc2cccc(Cl)c2Cl)s1. The molecule has 0 radical (unpaired) electrons. The quantitative estimate of drug-likeness (QED) is 0.862. The zero-order valence-corrected chi connectivity index (χ0v) is 11.8. The van der Waals surface area contributed by atoms with Gasteiger partial charge in [0.25, 0.3) is 0 Å². The van der Waals surface area contributed by atoms with Crippen LogP contribution >= 0.6 is 34.5 Å². The summed E-state index contributed by atoms with van der Waals surface area (Å²) >= 11 is 13.9. The number of rotatable bonds is 4. The van der Waals surface area contributed by atoms with Crippen molar-refractivity contribution in [1.29, 1.82) is 0 Å². The number of hydrogen-bond acceptors (Lipinski definition) is 2. The lowest BCUT2D eigenvalue weighted by atomic mass is 10.2. The first kappa shape index (κ1) is 12.9. The van der Waals surface area contributed by atoms with Gasteiger partial charge in [-0.15, -0.1) is 11.3 Å². The summed E-state index contributed by atoms with van der Waals surface area (Å²) in [5, 5.41) is 4.62. The number of aryl methyl sites for hydroxylation is 1. The number of halogens is 2. The fraction of sp³-hybridized carbons (Fsp3) is 0.231. The van der Waals surface area contributed by atoms with Crippen LogP contribution in [0, 0.1) is 6.92 Å². The van der Waals surface area contributed by atoms with Crippen molar-refractivity contribution in [2.45, 2.75) is 20.0 Å². The van der Waals surface area contributed by atoms with Crippen LogP contribution in [0.25, 0.3) is 0 Å². The average molecular weight is 286 g/mol. The highest BCUT2D eigenvalue weighted by molar-refractivity contribution is 7.11. The molecule has 0 unspecified atom stereocenters. The summed E-state index contributed by atoms with van der Waals surface area (Å²) < 4.78 is 0. The monoisotopic (exact) mass is 285 g/mol. The van der Waals surface area contributed by atoms with E-state index in [1.165, 1.54) is 9.75 Å². The maximum absolute atomic E-state index is 6.11. The van der Waals surface area contributed by atoms with Crippen LogP contribution in [0.2, 0.25) is 10.0 Å². The van der Waals surface area contributed by atoms with Crippen LogP contribution in [0.4, 0.5) is 0 Å². The van der Waals surface area contributed by atoms with E-state index in [1.54, 1.807) is 6.07 Å². The van der Waals surface area contributed by atoms with E-state index in [0.29, 0.717) is 10.0 Å². The minimum Gasteiger partial charge on any atom is -0.308 e. The number of benzene rings is 1. The summed E-state index contributed by atoms with van der Waals surface area (Å²) in [5.74, 6) is 0. The molecule has 0 aliphatic rings. The molecule has 1 nitrogen and oxygen atoms in total. The van der Waals surface area contributed by atoms with Crippen LogP contribution < -0.4 is 5.32 Å². The molecular formula is C13H13Cl2NS. The van der Waals surface area contributed by atoms with E-state index in [2.05, 4.69) is 24.4 Å². The third-order valence-electron chi connectivity index (χ3n) is 2.44. The van der Waals surface area contributed by atoms with Gasteiger partial charge in [-0.05, 0) is 30.7 Å². The van der Waals surface area contributed by atoms with Crippen LogP contribution in [0.3, 0.4) is 0 Å². The van der Waals surface area contributed by atoms with Gasteiger partial charge in [-0.2, -0.15) is 0 Å². The highest BCUT2D eigenvalue weighted by Gasteiger charge is 2.04. The third-order valence-corrected chi connectivity index (χ3v) is 4.30. The van der Waals surface area contributed by atoms with E-state index in [1.807, 2.05) is 23.5 Å². The summed E-state index contributed by atoms with van der Waals surface area (Å²) in [6.07, 6.45) is 0. The van der Waals surface area contributed by atoms with Crippen molar-refractivity contribution < 1.29 is 0 Å². The molecule has 1 aromatic carbocycles. The van der Waals surface area contributed by atoms with Crippen LogP contribution in [-0.4, -0.2) is 0 Å². The van der Waals surface area contributed by atoms with E-state index in [4.69, 9.17) is 23.2 Å². The Morgan fingerprint density at radius 2 is 1.94 bits per heavy atom. The van der Waals surface area contributed by atoms with Gasteiger partial charge >= 0.3 is 0 Å². The molecule has 1 N–H and O–H groups in total. The third kappa shape index (κ3) is 3.46. The van der Waals surface area contributed by atoms with Crippen molar-refractivity contribution in [1.82, 2.24) is 5.32 Å². The molecule has 0 aliphatic heterocycles. The van der Waals surface area contributed by atoms with Crippen molar-refractivity contribution in [3.8, 4) is 0 Å². The molecule has 90 valence electrons. The van der Waals surface area contributed by atoms with E-state index < -0.39 is 0 Å². The Bertz CT molecular complexity index is 508. The van der Waals surface area contributed by atoms with E-state index >= 15 is 0 Å². The Morgan fingerprint density at radius 1 is 1.12 bits per heavy atom. The zero-order valence-electron chi connectivity index (χ0n) is 9.47. The topological polar surface area (TPSA) is 12.0 Å². The molecule has 17 heavy (non-hydrogen) atoms. The number of thiophene rings is 1. The van der Waals surface area contributed by atoms with Gasteiger partial charge in [-0.25, -0.2) is 0 Å². The Hall–Kier alpha value is -0.540. The smallest absolute Gasteiger partial charge is 0.0637 e. The lowest BCUT2D eigenvalue weighted by Gasteiger charge is -2.06. The van der Waals surface area contributed by atoms with Crippen molar-refractivity contribution >= 4 is 34.5 Å². The van der Waals surface area contributed by atoms with Gasteiger partial charge in [0.15, 0.2) is 0 Å². The van der Waals surface area contributed by atoms with Crippen molar-refractivity contribution in [2.75, 3.05) is 0 Å². The molecule has 1 heterocycles. The van der Waals surface area contributed by atoms with Crippen molar-refractivity contribution in [2.24, 2.45) is 0 Å². The van der Waals surface area contributed by atoms with Crippen molar-refractivity contribution in [3.63, 3.8) is 0 Å². The minimum atomic E-state index is 0.609. The van der Waals surface area contributed by atoms with E-state index in [-0.39, 0.29) is 0 Å². The predicted octanol–water partition coefficient (Wildman–Crippen LogP) is 4.65. The normalized spacial score (nSPS) is 10.8. The average Bonchev–Trinajstić information content (AvgIpc) is 2.70. The van der Waals surface area contributed by atoms with Gasteiger partial charge in [0, 0.05) is 22.8 Å². The first-order chi connectivity index (χ1) is 8.16. The molecule has 0 bridgehead atoms. The Balaban J connectivity index is 1.92. The van der Waals surface area contributed by atoms with E-state index in [0.717, 1.165) is 18.7 Å². The second kappa shape index (κ2) is 5.87. The fourth-order valence-corrected chi connectivity index (χ4v) is 2.83. The maximum atomic E-state index is 6.11. The second-order valence-corrected chi connectivity index (χ2v) is 5.99. The van der Waals surface area contributed by atoms with Gasteiger partial charge in [-0.1, -0.05) is 35.3 Å².